The van der Waals surface area contributed by atoms with Crippen molar-refractivity contribution in [1.82, 2.24) is 14.8 Å². The van der Waals surface area contributed by atoms with Gasteiger partial charge in [-0.05, 0) is 43.7 Å². The van der Waals surface area contributed by atoms with Gasteiger partial charge in [0.1, 0.15) is 5.69 Å². The van der Waals surface area contributed by atoms with Crippen LogP contribution < -0.4 is 5.73 Å². The molecule has 2 aromatic heterocycles. The topological polar surface area (TPSA) is 56.7 Å². The maximum atomic E-state index is 5.91. The highest BCUT2D eigenvalue weighted by molar-refractivity contribution is 5.81. The van der Waals surface area contributed by atoms with E-state index in [4.69, 9.17) is 10.8 Å². The predicted octanol–water partition coefficient (Wildman–Crippen LogP) is 3.78. The van der Waals surface area contributed by atoms with E-state index in [0.29, 0.717) is 6.04 Å². The Labute approximate surface area is 124 Å². The lowest BCUT2D eigenvalue weighted by Crippen LogP contribution is -2.00. The van der Waals surface area contributed by atoms with Crippen molar-refractivity contribution in [2.45, 2.75) is 19.9 Å². The number of nitrogen functional groups attached to an aromatic ring is 1. The molecule has 1 aromatic carbocycles. The molecule has 106 valence electrons. The highest BCUT2D eigenvalue weighted by Gasteiger charge is 2.14. The Kier molecular flexibility index (Phi) is 3.44. The summed E-state index contributed by atoms with van der Waals surface area (Å²) in [7, 11) is 0. The Morgan fingerprint density at radius 2 is 1.81 bits per heavy atom. The zero-order valence-electron chi connectivity index (χ0n) is 12.2. The second-order valence-electron chi connectivity index (χ2n) is 5.33. The first kappa shape index (κ1) is 13.4. The van der Waals surface area contributed by atoms with Gasteiger partial charge in [0.15, 0.2) is 0 Å². The maximum absolute atomic E-state index is 5.91. The first-order chi connectivity index (χ1) is 10.1. The molecule has 0 aliphatic heterocycles. The Morgan fingerprint density at radius 1 is 1.05 bits per heavy atom. The number of aromatic nitrogens is 3. The monoisotopic (exact) mass is 278 g/mol. The van der Waals surface area contributed by atoms with Gasteiger partial charge in [0, 0.05) is 41.4 Å². The van der Waals surface area contributed by atoms with Crippen molar-refractivity contribution in [3.05, 3.63) is 55.0 Å². The van der Waals surface area contributed by atoms with Crippen LogP contribution in [0.3, 0.4) is 0 Å². The first-order valence-electron chi connectivity index (χ1n) is 7.00. The van der Waals surface area contributed by atoms with Gasteiger partial charge in [0.25, 0.3) is 0 Å². The summed E-state index contributed by atoms with van der Waals surface area (Å²) in [6, 6.07) is 12.2. The third kappa shape index (κ3) is 2.65. The lowest BCUT2D eigenvalue weighted by Gasteiger charge is -2.03. The van der Waals surface area contributed by atoms with Crippen molar-refractivity contribution in [1.29, 1.82) is 0 Å². The second kappa shape index (κ2) is 5.40. The van der Waals surface area contributed by atoms with E-state index in [1.807, 2.05) is 35.0 Å². The summed E-state index contributed by atoms with van der Waals surface area (Å²) in [5.74, 6) is 0. The molecule has 3 rings (SSSR count). The fourth-order valence-corrected chi connectivity index (χ4v) is 2.30. The number of hydrogen-bond acceptors (Lipinski definition) is 3. The SMILES string of the molecule is CC(C)n1cc(-c2cccc(N)c2)c(-c2ccncc2)n1. The van der Waals surface area contributed by atoms with E-state index in [-0.39, 0.29) is 0 Å². The number of benzene rings is 1. The predicted molar refractivity (Wildman–Crippen MR) is 85.7 cm³/mol. The van der Waals surface area contributed by atoms with Crippen molar-refractivity contribution in [2.24, 2.45) is 0 Å². The van der Waals surface area contributed by atoms with Crippen LogP contribution in [0, 0.1) is 0 Å². The van der Waals surface area contributed by atoms with Crippen LogP contribution in [0.15, 0.2) is 55.0 Å². The molecule has 21 heavy (non-hydrogen) atoms. The molecule has 4 heteroatoms. The highest BCUT2D eigenvalue weighted by Crippen LogP contribution is 2.32. The van der Waals surface area contributed by atoms with E-state index in [0.717, 1.165) is 28.1 Å². The molecule has 2 heterocycles. The van der Waals surface area contributed by atoms with E-state index >= 15 is 0 Å². The van der Waals surface area contributed by atoms with Crippen molar-refractivity contribution < 1.29 is 0 Å². The molecular formula is C17H18N4. The number of nitrogens with zero attached hydrogens (tertiary/aromatic N) is 3. The molecule has 0 amide bonds. The van der Waals surface area contributed by atoms with Crippen LogP contribution in [-0.2, 0) is 0 Å². The summed E-state index contributed by atoms with van der Waals surface area (Å²) in [5.41, 5.74) is 10.8. The van der Waals surface area contributed by atoms with Gasteiger partial charge in [-0.3, -0.25) is 9.67 Å². The normalized spacial score (nSPS) is 11.0. The van der Waals surface area contributed by atoms with Crippen LogP contribution in [-0.4, -0.2) is 14.8 Å². The molecule has 0 saturated carbocycles. The van der Waals surface area contributed by atoms with E-state index in [1.165, 1.54) is 0 Å². The third-order valence-corrected chi connectivity index (χ3v) is 3.41. The van der Waals surface area contributed by atoms with Crippen molar-refractivity contribution in [3.8, 4) is 22.4 Å². The summed E-state index contributed by atoms with van der Waals surface area (Å²) >= 11 is 0. The summed E-state index contributed by atoms with van der Waals surface area (Å²) in [5, 5.41) is 4.73. The van der Waals surface area contributed by atoms with Gasteiger partial charge < -0.3 is 5.73 Å². The number of nitrogens with two attached hydrogens (primary N) is 1. The molecule has 0 aliphatic rings. The molecule has 0 unspecified atom stereocenters. The molecule has 4 nitrogen and oxygen atoms in total. The highest BCUT2D eigenvalue weighted by atomic mass is 15.3. The van der Waals surface area contributed by atoms with Crippen LogP contribution in [0.25, 0.3) is 22.4 Å². The fraction of sp³-hybridized carbons (Fsp3) is 0.176. The molecule has 0 atom stereocenters. The lowest BCUT2D eigenvalue weighted by atomic mass is 10.0. The number of pyridine rings is 1. The summed E-state index contributed by atoms with van der Waals surface area (Å²) in [6.07, 6.45) is 5.65. The van der Waals surface area contributed by atoms with Crippen LogP contribution in [0.2, 0.25) is 0 Å². The molecule has 0 bridgehead atoms. The molecule has 3 aromatic rings. The van der Waals surface area contributed by atoms with Crippen molar-refractivity contribution in [2.75, 3.05) is 5.73 Å². The van der Waals surface area contributed by atoms with E-state index in [2.05, 4.69) is 31.1 Å². The van der Waals surface area contributed by atoms with Gasteiger partial charge in [-0.2, -0.15) is 5.10 Å². The third-order valence-electron chi connectivity index (χ3n) is 3.41. The first-order valence-corrected chi connectivity index (χ1v) is 7.00. The van der Waals surface area contributed by atoms with Gasteiger partial charge >= 0.3 is 0 Å². The van der Waals surface area contributed by atoms with E-state index < -0.39 is 0 Å². The molecule has 0 fully saturated rings. The molecule has 0 radical (unpaired) electrons. The molecule has 0 spiro atoms. The zero-order chi connectivity index (χ0) is 14.8. The average molecular weight is 278 g/mol. The summed E-state index contributed by atoms with van der Waals surface area (Å²) < 4.78 is 1.98. The van der Waals surface area contributed by atoms with Crippen molar-refractivity contribution >= 4 is 5.69 Å². The van der Waals surface area contributed by atoms with Gasteiger partial charge in [-0.1, -0.05) is 12.1 Å². The maximum Gasteiger partial charge on any atom is 0.100 e. The smallest absolute Gasteiger partial charge is 0.100 e. The largest absolute Gasteiger partial charge is 0.399 e. The Hall–Kier alpha value is -2.62. The number of rotatable bonds is 3. The van der Waals surface area contributed by atoms with Crippen LogP contribution >= 0.6 is 0 Å². The minimum absolute atomic E-state index is 0.306. The van der Waals surface area contributed by atoms with Gasteiger partial charge in [0.05, 0.1) is 0 Å². The Balaban J connectivity index is 2.19. The molecule has 0 aliphatic carbocycles. The van der Waals surface area contributed by atoms with Crippen molar-refractivity contribution in [3.63, 3.8) is 0 Å². The van der Waals surface area contributed by atoms with Crippen LogP contribution in [0.5, 0.6) is 0 Å². The summed E-state index contributed by atoms with van der Waals surface area (Å²) in [6.45, 7) is 4.24. The summed E-state index contributed by atoms with van der Waals surface area (Å²) in [4.78, 5) is 4.07. The van der Waals surface area contributed by atoms with E-state index in [9.17, 15) is 0 Å². The second-order valence-corrected chi connectivity index (χ2v) is 5.33. The Bertz CT molecular complexity index is 744. The minimum atomic E-state index is 0.306. The van der Waals surface area contributed by atoms with Gasteiger partial charge in [-0.25, -0.2) is 0 Å². The van der Waals surface area contributed by atoms with Gasteiger partial charge in [0.2, 0.25) is 0 Å². The zero-order valence-corrected chi connectivity index (χ0v) is 12.2. The van der Waals surface area contributed by atoms with Crippen LogP contribution in [0.4, 0.5) is 5.69 Å². The number of hydrogen-bond donors (Lipinski definition) is 1. The molecule has 2 N–H and O–H groups in total. The number of anilines is 1. The molecular weight excluding hydrogens is 260 g/mol. The minimum Gasteiger partial charge on any atom is -0.399 e. The fourth-order valence-electron chi connectivity index (χ4n) is 2.30. The van der Waals surface area contributed by atoms with E-state index in [1.54, 1.807) is 12.4 Å². The average Bonchev–Trinajstić information content (AvgIpc) is 2.93. The van der Waals surface area contributed by atoms with Gasteiger partial charge in [-0.15, -0.1) is 0 Å². The standard InChI is InChI=1S/C17H18N4/c1-12(2)21-11-16(14-4-3-5-15(18)10-14)17(20-21)13-6-8-19-9-7-13/h3-12H,18H2,1-2H3. The molecule has 0 saturated heterocycles. The quantitative estimate of drug-likeness (QED) is 0.742. The lowest BCUT2D eigenvalue weighted by molar-refractivity contribution is 0.534. The van der Waals surface area contributed by atoms with Crippen LogP contribution in [0.1, 0.15) is 19.9 Å². The Morgan fingerprint density at radius 3 is 2.48 bits per heavy atom.